The summed E-state index contributed by atoms with van der Waals surface area (Å²) in [5.74, 6) is 1.72. The van der Waals surface area contributed by atoms with Crippen LogP contribution in [0.4, 0.5) is 0 Å². The topological polar surface area (TPSA) is 37.7 Å². The maximum absolute atomic E-state index is 13.5. The van der Waals surface area contributed by atoms with Gasteiger partial charge in [0.15, 0.2) is 0 Å². The summed E-state index contributed by atoms with van der Waals surface area (Å²) in [6.07, 6.45) is 8.68. The standard InChI is InChI=1S/C24H35N3O2.ClH/c1-4-25-13-14-26(15-18(25)2)24(28)21-17-27(16-19-9-6-5-7-10-19)23-20(21)11-8-12-22(23)29-3;/h8,11-12,17-19H,4-7,9-10,13-16H2,1-3H3;1H. The third-order valence-electron chi connectivity index (χ3n) is 6.95. The van der Waals surface area contributed by atoms with Crippen molar-refractivity contribution in [1.29, 1.82) is 0 Å². The molecule has 1 aliphatic heterocycles. The molecule has 1 aliphatic carbocycles. The van der Waals surface area contributed by atoms with E-state index in [1.165, 1.54) is 32.1 Å². The highest BCUT2D eigenvalue weighted by Crippen LogP contribution is 2.33. The zero-order valence-electron chi connectivity index (χ0n) is 18.6. The molecule has 1 saturated carbocycles. The van der Waals surface area contributed by atoms with Crippen molar-refractivity contribution in [3.05, 3.63) is 30.0 Å². The van der Waals surface area contributed by atoms with Gasteiger partial charge >= 0.3 is 0 Å². The number of rotatable bonds is 5. The molecular formula is C24H36ClN3O2. The lowest BCUT2D eigenvalue weighted by atomic mass is 9.89. The highest BCUT2D eigenvalue weighted by atomic mass is 35.5. The van der Waals surface area contributed by atoms with Crippen molar-refractivity contribution in [2.75, 3.05) is 33.3 Å². The number of carbonyl (C=O) groups is 1. The summed E-state index contributed by atoms with van der Waals surface area (Å²) in [6.45, 7) is 8.98. The number of para-hydroxylation sites is 1. The summed E-state index contributed by atoms with van der Waals surface area (Å²) < 4.78 is 7.98. The van der Waals surface area contributed by atoms with E-state index in [9.17, 15) is 4.79 Å². The van der Waals surface area contributed by atoms with Crippen LogP contribution in [0.25, 0.3) is 10.9 Å². The number of ether oxygens (including phenoxy) is 1. The molecule has 0 bridgehead atoms. The van der Waals surface area contributed by atoms with Crippen LogP contribution in [0.1, 0.15) is 56.3 Å². The number of amides is 1. The van der Waals surface area contributed by atoms with Crippen LogP contribution in [-0.4, -0.2) is 59.6 Å². The third kappa shape index (κ3) is 4.47. The fourth-order valence-electron chi connectivity index (χ4n) is 5.27. The summed E-state index contributed by atoms with van der Waals surface area (Å²) in [4.78, 5) is 18.0. The Morgan fingerprint density at radius 2 is 1.93 bits per heavy atom. The molecule has 6 heteroatoms. The lowest BCUT2D eigenvalue weighted by molar-refractivity contribution is 0.0530. The molecule has 1 saturated heterocycles. The van der Waals surface area contributed by atoms with Crippen LogP contribution >= 0.6 is 12.4 Å². The second kappa shape index (κ2) is 10.1. The number of methoxy groups -OCH3 is 1. The van der Waals surface area contributed by atoms with Crippen LogP contribution in [0.3, 0.4) is 0 Å². The summed E-state index contributed by atoms with van der Waals surface area (Å²) in [5.41, 5.74) is 1.90. The van der Waals surface area contributed by atoms with Crippen molar-refractivity contribution < 1.29 is 9.53 Å². The van der Waals surface area contributed by atoms with E-state index in [-0.39, 0.29) is 18.3 Å². The number of hydrogen-bond acceptors (Lipinski definition) is 3. The van der Waals surface area contributed by atoms with Gasteiger partial charge in [-0.15, -0.1) is 12.4 Å². The lowest BCUT2D eigenvalue weighted by Crippen LogP contribution is -2.53. The van der Waals surface area contributed by atoms with Crippen molar-refractivity contribution in [3.63, 3.8) is 0 Å². The predicted molar refractivity (Wildman–Crippen MR) is 125 cm³/mol. The van der Waals surface area contributed by atoms with E-state index in [1.807, 2.05) is 17.0 Å². The highest BCUT2D eigenvalue weighted by molar-refractivity contribution is 6.08. The normalized spacial score (nSPS) is 20.9. The molecule has 0 radical (unpaired) electrons. The number of benzene rings is 1. The Bertz CT molecular complexity index is 859. The summed E-state index contributed by atoms with van der Waals surface area (Å²) >= 11 is 0. The average molecular weight is 434 g/mol. The fourth-order valence-corrected chi connectivity index (χ4v) is 5.27. The van der Waals surface area contributed by atoms with Gasteiger partial charge in [-0.1, -0.05) is 38.3 Å². The Kier molecular flexibility index (Phi) is 7.70. The molecule has 0 spiro atoms. The number of fused-ring (bicyclic) bond motifs is 1. The minimum Gasteiger partial charge on any atom is -0.495 e. The van der Waals surface area contributed by atoms with Gasteiger partial charge in [-0.2, -0.15) is 0 Å². The van der Waals surface area contributed by atoms with E-state index in [4.69, 9.17) is 4.74 Å². The van der Waals surface area contributed by atoms with E-state index in [1.54, 1.807) is 7.11 Å². The number of piperazine rings is 1. The van der Waals surface area contributed by atoms with Crippen molar-refractivity contribution >= 4 is 29.2 Å². The molecule has 2 aromatic rings. The minimum atomic E-state index is 0. The van der Waals surface area contributed by atoms with Gasteiger partial charge in [0.2, 0.25) is 0 Å². The molecular weight excluding hydrogens is 398 g/mol. The van der Waals surface area contributed by atoms with Gasteiger partial charge in [-0.3, -0.25) is 9.69 Å². The lowest BCUT2D eigenvalue weighted by Gasteiger charge is -2.39. The Labute approximate surface area is 186 Å². The van der Waals surface area contributed by atoms with Gasteiger partial charge in [-0.25, -0.2) is 0 Å². The average Bonchev–Trinajstić information content (AvgIpc) is 3.12. The zero-order valence-corrected chi connectivity index (χ0v) is 19.4. The summed E-state index contributed by atoms with van der Waals surface area (Å²) in [7, 11) is 1.72. The van der Waals surface area contributed by atoms with Gasteiger partial charge in [0.1, 0.15) is 5.75 Å². The molecule has 1 aromatic heterocycles. The maximum Gasteiger partial charge on any atom is 0.256 e. The molecule has 1 atom stereocenters. The van der Waals surface area contributed by atoms with Crippen LogP contribution in [0.15, 0.2) is 24.4 Å². The Morgan fingerprint density at radius 1 is 1.17 bits per heavy atom. The second-order valence-corrected chi connectivity index (χ2v) is 8.78. The van der Waals surface area contributed by atoms with Crippen LogP contribution in [-0.2, 0) is 6.54 Å². The number of carbonyl (C=O) groups excluding carboxylic acids is 1. The molecule has 2 heterocycles. The molecule has 5 nitrogen and oxygen atoms in total. The molecule has 0 N–H and O–H groups in total. The van der Waals surface area contributed by atoms with E-state index in [0.29, 0.717) is 12.0 Å². The van der Waals surface area contributed by atoms with Crippen LogP contribution in [0, 0.1) is 5.92 Å². The van der Waals surface area contributed by atoms with E-state index in [0.717, 1.165) is 54.9 Å². The first-order valence-corrected chi connectivity index (χ1v) is 11.3. The van der Waals surface area contributed by atoms with Crippen LogP contribution < -0.4 is 4.74 Å². The smallest absolute Gasteiger partial charge is 0.256 e. The first kappa shape index (κ1) is 23.0. The quantitative estimate of drug-likeness (QED) is 0.678. The summed E-state index contributed by atoms with van der Waals surface area (Å²) in [5, 5.41) is 1.02. The SMILES string of the molecule is CCN1CCN(C(=O)c2cn(CC3CCCCC3)c3c(OC)cccc23)CC1C.Cl. The predicted octanol–water partition coefficient (Wildman–Crippen LogP) is 4.82. The largest absolute Gasteiger partial charge is 0.495 e. The molecule has 1 aromatic carbocycles. The van der Waals surface area contributed by atoms with Crippen LogP contribution in [0.5, 0.6) is 5.75 Å². The zero-order chi connectivity index (χ0) is 20.4. The van der Waals surface area contributed by atoms with Crippen molar-refractivity contribution in [2.24, 2.45) is 5.92 Å². The van der Waals surface area contributed by atoms with Gasteiger partial charge in [0.05, 0.1) is 18.2 Å². The molecule has 1 unspecified atom stereocenters. The Morgan fingerprint density at radius 3 is 2.60 bits per heavy atom. The summed E-state index contributed by atoms with van der Waals surface area (Å²) in [6, 6.07) is 6.49. The van der Waals surface area contributed by atoms with Crippen molar-refractivity contribution in [3.8, 4) is 5.75 Å². The number of halogens is 1. The number of aromatic nitrogens is 1. The van der Waals surface area contributed by atoms with Gasteiger partial charge in [0, 0.05) is 43.8 Å². The first-order chi connectivity index (χ1) is 14.1. The van der Waals surface area contributed by atoms with Crippen LogP contribution in [0.2, 0.25) is 0 Å². The molecule has 2 aliphatic rings. The number of likely N-dealkylation sites (N-methyl/N-ethyl adjacent to an activating group) is 1. The minimum absolute atomic E-state index is 0. The maximum atomic E-state index is 13.5. The Hall–Kier alpha value is -1.72. The van der Waals surface area contributed by atoms with E-state index < -0.39 is 0 Å². The molecule has 30 heavy (non-hydrogen) atoms. The third-order valence-corrected chi connectivity index (χ3v) is 6.95. The Balaban J connectivity index is 0.00000256. The van der Waals surface area contributed by atoms with Gasteiger partial charge in [0.25, 0.3) is 5.91 Å². The molecule has 2 fully saturated rings. The van der Waals surface area contributed by atoms with Crippen molar-refractivity contribution in [2.45, 2.75) is 58.5 Å². The monoisotopic (exact) mass is 433 g/mol. The van der Waals surface area contributed by atoms with Gasteiger partial charge < -0.3 is 14.2 Å². The molecule has 166 valence electrons. The first-order valence-electron chi connectivity index (χ1n) is 11.3. The number of hydrogen-bond donors (Lipinski definition) is 0. The van der Waals surface area contributed by atoms with E-state index in [2.05, 4.69) is 35.6 Å². The highest BCUT2D eigenvalue weighted by Gasteiger charge is 2.29. The van der Waals surface area contributed by atoms with Gasteiger partial charge in [-0.05, 0) is 38.3 Å². The van der Waals surface area contributed by atoms with E-state index >= 15 is 0 Å². The fraction of sp³-hybridized carbons (Fsp3) is 0.625. The number of nitrogens with zero attached hydrogens (tertiary/aromatic N) is 3. The molecule has 4 rings (SSSR count). The van der Waals surface area contributed by atoms with Crippen molar-refractivity contribution in [1.82, 2.24) is 14.4 Å². The molecule has 1 amide bonds. The second-order valence-electron chi connectivity index (χ2n) is 8.78.